The summed E-state index contributed by atoms with van der Waals surface area (Å²) >= 11 is 0. The van der Waals surface area contributed by atoms with Crippen LogP contribution in [0.5, 0.6) is 5.75 Å². The zero-order valence-corrected chi connectivity index (χ0v) is 22.2. The van der Waals surface area contributed by atoms with Crippen molar-refractivity contribution in [2.45, 2.75) is 51.0 Å². The van der Waals surface area contributed by atoms with Gasteiger partial charge in [-0.2, -0.15) is 0 Å². The van der Waals surface area contributed by atoms with Crippen molar-refractivity contribution < 1.29 is 13.2 Å². The third kappa shape index (κ3) is 7.95. The number of aliphatic imine (C=N–C) groups is 1. The minimum absolute atomic E-state index is 0. The van der Waals surface area contributed by atoms with Gasteiger partial charge in [0.2, 0.25) is 0 Å². The van der Waals surface area contributed by atoms with Crippen LogP contribution in [0.4, 0.5) is 0 Å². The van der Waals surface area contributed by atoms with Crippen LogP contribution < -0.4 is 15.4 Å². The largest absolute Gasteiger partial charge is 0.487 e. The Balaban J connectivity index is 0.00000363. The van der Waals surface area contributed by atoms with Crippen LogP contribution >= 0.6 is 24.0 Å². The number of hydrogen-bond donors (Lipinski definition) is 2. The lowest BCUT2D eigenvalue weighted by atomic mass is 9.90. The fraction of sp³-hybridized carbons (Fsp3) is 0.458. The van der Waals surface area contributed by atoms with Crippen LogP contribution in [0, 0.1) is 0 Å². The van der Waals surface area contributed by atoms with E-state index in [1.807, 2.05) is 55.5 Å². The molecule has 1 heterocycles. The molecule has 2 N–H and O–H groups in total. The van der Waals surface area contributed by atoms with E-state index < -0.39 is 9.84 Å². The van der Waals surface area contributed by atoms with Gasteiger partial charge in [-0.15, -0.1) is 24.0 Å². The van der Waals surface area contributed by atoms with Crippen molar-refractivity contribution in [3.8, 4) is 5.75 Å². The number of nitrogens with one attached hydrogen (secondary N) is 2. The minimum Gasteiger partial charge on any atom is -0.487 e. The van der Waals surface area contributed by atoms with Gasteiger partial charge in [-0.3, -0.25) is 4.99 Å². The molecule has 0 radical (unpaired) electrons. The number of guanidine groups is 1. The lowest BCUT2D eigenvalue weighted by Gasteiger charge is -2.38. The molecule has 6 nitrogen and oxygen atoms in total. The number of rotatable bonds is 8. The first-order valence-corrected chi connectivity index (χ1v) is 12.7. The number of fused-ring (bicyclic) bond motifs is 1. The van der Waals surface area contributed by atoms with Crippen LogP contribution in [0.3, 0.4) is 0 Å². The van der Waals surface area contributed by atoms with E-state index in [1.165, 1.54) is 0 Å². The molecule has 176 valence electrons. The summed E-state index contributed by atoms with van der Waals surface area (Å²) in [4.78, 5) is 4.63. The number of benzene rings is 2. The summed E-state index contributed by atoms with van der Waals surface area (Å²) in [7, 11) is -3.15. The lowest BCUT2D eigenvalue weighted by molar-refractivity contribution is 0.0694. The molecule has 0 aliphatic carbocycles. The summed E-state index contributed by atoms with van der Waals surface area (Å²) in [6, 6.07) is 17.4. The molecule has 1 aliphatic heterocycles. The van der Waals surface area contributed by atoms with Gasteiger partial charge in [0.05, 0.1) is 17.5 Å². The van der Waals surface area contributed by atoms with Gasteiger partial charge in [0.15, 0.2) is 15.8 Å². The summed E-state index contributed by atoms with van der Waals surface area (Å²) in [6.45, 7) is 7.35. The smallest absolute Gasteiger partial charge is 0.191 e. The van der Waals surface area contributed by atoms with E-state index in [0.29, 0.717) is 18.9 Å². The molecule has 1 atom stereocenters. The highest BCUT2D eigenvalue weighted by Gasteiger charge is 2.33. The van der Waals surface area contributed by atoms with Gasteiger partial charge in [0.25, 0.3) is 0 Å². The van der Waals surface area contributed by atoms with E-state index in [0.717, 1.165) is 29.8 Å². The highest BCUT2D eigenvalue weighted by molar-refractivity contribution is 14.0. The number of halogens is 1. The van der Waals surface area contributed by atoms with Crippen LogP contribution in [0.25, 0.3) is 0 Å². The van der Waals surface area contributed by atoms with Crippen LogP contribution in [0.2, 0.25) is 0 Å². The second-order valence-corrected chi connectivity index (χ2v) is 10.7. The van der Waals surface area contributed by atoms with Crippen molar-refractivity contribution in [2.75, 3.05) is 18.8 Å². The Kier molecular flexibility index (Phi) is 9.82. The van der Waals surface area contributed by atoms with Gasteiger partial charge in [-0.25, -0.2) is 8.42 Å². The van der Waals surface area contributed by atoms with Crippen molar-refractivity contribution in [1.29, 1.82) is 0 Å². The average molecular weight is 572 g/mol. The monoisotopic (exact) mass is 571 g/mol. The van der Waals surface area contributed by atoms with Crippen LogP contribution in [-0.2, 0) is 15.6 Å². The van der Waals surface area contributed by atoms with Crippen molar-refractivity contribution >= 4 is 39.8 Å². The van der Waals surface area contributed by atoms with Gasteiger partial charge < -0.3 is 15.4 Å². The SMILES string of the molecule is CCNC(=NCCCS(=O)(=O)Cc1ccccc1)NC1CC(C)(C)Oc2ccccc21.I. The number of ether oxygens (including phenoxy) is 1. The Morgan fingerprint density at radius 3 is 2.53 bits per heavy atom. The highest BCUT2D eigenvalue weighted by atomic mass is 127. The first-order chi connectivity index (χ1) is 14.8. The van der Waals surface area contributed by atoms with Gasteiger partial charge >= 0.3 is 0 Å². The highest BCUT2D eigenvalue weighted by Crippen LogP contribution is 2.39. The molecule has 1 unspecified atom stereocenters. The summed E-state index contributed by atoms with van der Waals surface area (Å²) in [5.41, 5.74) is 1.65. The number of sulfone groups is 1. The summed E-state index contributed by atoms with van der Waals surface area (Å²) in [6.07, 6.45) is 1.29. The lowest BCUT2D eigenvalue weighted by Crippen LogP contribution is -2.45. The van der Waals surface area contributed by atoms with E-state index in [4.69, 9.17) is 4.74 Å². The summed E-state index contributed by atoms with van der Waals surface area (Å²) < 4.78 is 30.9. The zero-order valence-electron chi connectivity index (χ0n) is 19.0. The Morgan fingerprint density at radius 1 is 1.12 bits per heavy atom. The molecule has 32 heavy (non-hydrogen) atoms. The number of nitrogens with zero attached hydrogens (tertiary/aromatic N) is 1. The molecule has 2 aromatic carbocycles. The van der Waals surface area contributed by atoms with Gasteiger partial charge in [-0.05, 0) is 38.8 Å². The normalized spacial score (nSPS) is 17.5. The molecule has 0 spiro atoms. The van der Waals surface area contributed by atoms with E-state index in [9.17, 15) is 8.42 Å². The van der Waals surface area contributed by atoms with Crippen molar-refractivity contribution in [3.63, 3.8) is 0 Å². The molecule has 0 saturated heterocycles. The molecule has 1 aliphatic rings. The molecule has 0 bridgehead atoms. The third-order valence-electron chi connectivity index (χ3n) is 5.14. The van der Waals surface area contributed by atoms with E-state index in [1.54, 1.807) is 0 Å². The maximum absolute atomic E-state index is 12.4. The van der Waals surface area contributed by atoms with Gasteiger partial charge in [0.1, 0.15) is 11.4 Å². The van der Waals surface area contributed by atoms with Crippen molar-refractivity contribution in [2.24, 2.45) is 4.99 Å². The molecular weight excluding hydrogens is 537 g/mol. The Hall–Kier alpha value is -1.81. The number of para-hydroxylation sites is 1. The Morgan fingerprint density at radius 2 is 1.81 bits per heavy atom. The second kappa shape index (κ2) is 11.9. The molecule has 2 aromatic rings. The average Bonchev–Trinajstić information content (AvgIpc) is 2.71. The van der Waals surface area contributed by atoms with E-state index in [-0.39, 0.29) is 47.1 Å². The molecule has 3 rings (SSSR count). The standard InChI is InChI=1S/C24H33N3O3S.HI/c1-4-25-23(26-15-10-16-31(28,29)18-19-11-6-5-7-12-19)27-21-17-24(2,3)30-22-14-9-8-13-20(21)22;/h5-9,11-14,21H,4,10,15-18H2,1-3H3,(H2,25,26,27);1H. The second-order valence-electron chi connectivity index (χ2n) is 8.49. The molecule has 0 saturated carbocycles. The minimum atomic E-state index is -3.15. The van der Waals surface area contributed by atoms with Crippen LogP contribution in [0.15, 0.2) is 59.6 Å². The molecule has 0 amide bonds. The molecular formula is C24H34IN3O3S. The summed E-state index contributed by atoms with van der Waals surface area (Å²) in [5.74, 6) is 1.78. The number of hydrogen-bond acceptors (Lipinski definition) is 4. The van der Waals surface area contributed by atoms with Gasteiger partial charge in [0, 0.05) is 25.1 Å². The summed E-state index contributed by atoms with van der Waals surface area (Å²) in [5, 5.41) is 6.79. The Labute approximate surface area is 209 Å². The first kappa shape index (κ1) is 26.4. The van der Waals surface area contributed by atoms with E-state index in [2.05, 4.69) is 35.5 Å². The van der Waals surface area contributed by atoms with Crippen LogP contribution in [-0.4, -0.2) is 38.8 Å². The maximum Gasteiger partial charge on any atom is 0.191 e. The fourth-order valence-corrected chi connectivity index (χ4v) is 5.21. The topological polar surface area (TPSA) is 79.8 Å². The van der Waals surface area contributed by atoms with Crippen molar-refractivity contribution in [1.82, 2.24) is 10.6 Å². The third-order valence-corrected chi connectivity index (χ3v) is 6.83. The predicted molar refractivity (Wildman–Crippen MR) is 142 cm³/mol. The first-order valence-electron chi connectivity index (χ1n) is 10.9. The quantitative estimate of drug-likeness (QED) is 0.212. The molecule has 8 heteroatoms. The molecule has 0 aromatic heterocycles. The van der Waals surface area contributed by atoms with Crippen LogP contribution in [0.1, 0.15) is 50.8 Å². The van der Waals surface area contributed by atoms with Crippen molar-refractivity contribution in [3.05, 3.63) is 65.7 Å². The maximum atomic E-state index is 12.4. The fourth-order valence-electron chi connectivity index (χ4n) is 3.79. The van der Waals surface area contributed by atoms with Gasteiger partial charge in [-0.1, -0.05) is 48.5 Å². The Bertz CT molecular complexity index is 995. The molecule has 0 fully saturated rings. The predicted octanol–water partition coefficient (Wildman–Crippen LogP) is 4.47. The van der Waals surface area contributed by atoms with E-state index >= 15 is 0 Å². The zero-order chi connectivity index (χ0) is 22.3.